The van der Waals surface area contributed by atoms with Gasteiger partial charge in [-0.15, -0.1) is 0 Å². The molecule has 3 aromatic carbocycles. The maximum atomic E-state index is 13.1. The van der Waals surface area contributed by atoms with E-state index in [2.05, 4.69) is 10.6 Å². The van der Waals surface area contributed by atoms with E-state index >= 15 is 0 Å². The van der Waals surface area contributed by atoms with Crippen molar-refractivity contribution in [2.24, 2.45) is 0 Å². The van der Waals surface area contributed by atoms with Crippen molar-refractivity contribution in [3.63, 3.8) is 0 Å². The van der Waals surface area contributed by atoms with Gasteiger partial charge in [-0.25, -0.2) is 4.39 Å². The number of hydrogen-bond donors (Lipinski definition) is 3. The minimum absolute atomic E-state index is 0.122. The van der Waals surface area contributed by atoms with Crippen LogP contribution in [0, 0.1) is 5.82 Å². The van der Waals surface area contributed by atoms with Gasteiger partial charge in [-0.05, 0) is 34.5 Å². The first kappa shape index (κ1) is 17.6. The van der Waals surface area contributed by atoms with E-state index < -0.39 is 23.7 Å². The first-order valence-electron chi connectivity index (χ1n) is 8.05. The number of carbonyl (C=O) groups excluding carboxylic acids is 2. The number of aliphatic hydroxyl groups excluding tert-OH is 1. The number of amides is 2. The van der Waals surface area contributed by atoms with Crippen molar-refractivity contribution < 1.29 is 19.1 Å². The lowest BCUT2D eigenvalue weighted by Crippen LogP contribution is -2.37. The Hall–Kier alpha value is -3.25. The predicted octanol–water partition coefficient (Wildman–Crippen LogP) is 2.77. The van der Waals surface area contributed by atoms with E-state index in [1.807, 2.05) is 36.4 Å². The molecular formula is C20H17FN2O3. The molecule has 3 aromatic rings. The van der Waals surface area contributed by atoms with Gasteiger partial charge in [0.15, 0.2) is 0 Å². The highest BCUT2D eigenvalue weighted by molar-refractivity contribution is 6.39. The predicted molar refractivity (Wildman–Crippen MR) is 96.9 cm³/mol. The lowest BCUT2D eigenvalue weighted by atomic mass is 10.0. The maximum absolute atomic E-state index is 13.1. The third kappa shape index (κ3) is 4.04. The minimum atomic E-state index is -0.966. The molecule has 0 heterocycles. The number of carbonyl (C=O) groups is 2. The van der Waals surface area contributed by atoms with Crippen LogP contribution in [-0.2, 0) is 9.59 Å². The van der Waals surface area contributed by atoms with E-state index in [0.717, 1.165) is 16.8 Å². The smallest absolute Gasteiger partial charge is 0.313 e. The zero-order valence-electron chi connectivity index (χ0n) is 13.8. The van der Waals surface area contributed by atoms with Gasteiger partial charge in [0, 0.05) is 12.2 Å². The molecule has 1 atom stereocenters. The van der Waals surface area contributed by atoms with E-state index in [4.69, 9.17) is 0 Å². The summed E-state index contributed by atoms with van der Waals surface area (Å²) >= 11 is 0. The van der Waals surface area contributed by atoms with Gasteiger partial charge in [0.2, 0.25) is 0 Å². The molecule has 3 rings (SSSR count). The van der Waals surface area contributed by atoms with Crippen molar-refractivity contribution in [2.45, 2.75) is 6.10 Å². The van der Waals surface area contributed by atoms with Crippen LogP contribution in [0.1, 0.15) is 11.7 Å². The third-order valence-electron chi connectivity index (χ3n) is 3.93. The third-order valence-corrected chi connectivity index (χ3v) is 3.93. The first-order valence-corrected chi connectivity index (χ1v) is 8.05. The van der Waals surface area contributed by atoms with Crippen LogP contribution in [0.5, 0.6) is 0 Å². The summed E-state index contributed by atoms with van der Waals surface area (Å²) in [5.74, 6) is -2.36. The SMILES string of the molecule is O=C(NCC(O)c1cccc2ccccc12)C(=O)Nc1cccc(F)c1. The van der Waals surface area contributed by atoms with Gasteiger partial charge in [-0.3, -0.25) is 9.59 Å². The van der Waals surface area contributed by atoms with Crippen molar-refractivity contribution in [1.29, 1.82) is 0 Å². The van der Waals surface area contributed by atoms with Gasteiger partial charge in [0.1, 0.15) is 5.82 Å². The molecule has 3 N–H and O–H groups in total. The maximum Gasteiger partial charge on any atom is 0.313 e. The van der Waals surface area contributed by atoms with Crippen LogP contribution < -0.4 is 10.6 Å². The summed E-state index contributed by atoms with van der Waals surface area (Å²) in [6.45, 7) is -0.122. The molecule has 0 aliphatic rings. The number of fused-ring (bicyclic) bond motifs is 1. The molecule has 2 amide bonds. The number of benzene rings is 3. The molecule has 0 aliphatic heterocycles. The van der Waals surface area contributed by atoms with Crippen LogP contribution in [0.3, 0.4) is 0 Å². The molecule has 0 saturated heterocycles. The highest BCUT2D eigenvalue weighted by Gasteiger charge is 2.17. The summed E-state index contributed by atoms with van der Waals surface area (Å²) in [5.41, 5.74) is 0.841. The van der Waals surface area contributed by atoms with Gasteiger partial charge in [0.25, 0.3) is 0 Å². The highest BCUT2D eigenvalue weighted by Crippen LogP contribution is 2.23. The van der Waals surface area contributed by atoms with Crippen molar-refractivity contribution in [3.05, 3.63) is 78.1 Å². The average Bonchev–Trinajstić information content (AvgIpc) is 2.65. The number of halogens is 1. The van der Waals surface area contributed by atoms with E-state index in [1.54, 1.807) is 6.07 Å². The van der Waals surface area contributed by atoms with E-state index in [1.165, 1.54) is 18.2 Å². The van der Waals surface area contributed by atoms with Crippen LogP contribution in [0.25, 0.3) is 10.8 Å². The summed E-state index contributed by atoms with van der Waals surface area (Å²) in [4.78, 5) is 23.8. The number of aliphatic hydroxyl groups is 1. The molecule has 0 spiro atoms. The summed E-state index contributed by atoms with van der Waals surface area (Å²) in [6.07, 6.45) is -0.966. The summed E-state index contributed by atoms with van der Waals surface area (Å²) < 4.78 is 13.1. The molecule has 5 nitrogen and oxygen atoms in total. The van der Waals surface area contributed by atoms with Crippen molar-refractivity contribution in [1.82, 2.24) is 5.32 Å². The summed E-state index contributed by atoms with van der Waals surface area (Å²) in [6, 6.07) is 18.3. The second-order valence-corrected chi connectivity index (χ2v) is 5.76. The lowest BCUT2D eigenvalue weighted by Gasteiger charge is -2.14. The fraction of sp³-hybridized carbons (Fsp3) is 0.100. The first-order chi connectivity index (χ1) is 12.5. The van der Waals surface area contributed by atoms with Crippen molar-refractivity contribution in [3.8, 4) is 0 Å². The van der Waals surface area contributed by atoms with Crippen molar-refractivity contribution >= 4 is 28.3 Å². The molecule has 0 aliphatic carbocycles. The minimum Gasteiger partial charge on any atom is -0.387 e. The zero-order chi connectivity index (χ0) is 18.5. The van der Waals surface area contributed by atoms with Gasteiger partial charge < -0.3 is 15.7 Å². The zero-order valence-corrected chi connectivity index (χ0v) is 13.8. The Morgan fingerprint density at radius 1 is 0.962 bits per heavy atom. The summed E-state index contributed by atoms with van der Waals surface area (Å²) in [7, 11) is 0. The molecule has 26 heavy (non-hydrogen) atoms. The lowest BCUT2D eigenvalue weighted by molar-refractivity contribution is -0.136. The van der Waals surface area contributed by atoms with Gasteiger partial charge in [-0.2, -0.15) is 0 Å². The van der Waals surface area contributed by atoms with Crippen LogP contribution in [0.4, 0.5) is 10.1 Å². The average molecular weight is 352 g/mol. The number of rotatable bonds is 4. The van der Waals surface area contributed by atoms with Gasteiger partial charge in [0.05, 0.1) is 6.10 Å². The number of hydrogen-bond acceptors (Lipinski definition) is 3. The molecule has 0 fully saturated rings. The summed E-state index contributed by atoms with van der Waals surface area (Å²) in [5, 5.41) is 16.9. The highest BCUT2D eigenvalue weighted by atomic mass is 19.1. The van der Waals surface area contributed by atoms with Crippen LogP contribution in [-0.4, -0.2) is 23.5 Å². The topological polar surface area (TPSA) is 78.4 Å². The standard InChI is InChI=1S/C20H17FN2O3/c21-14-7-4-8-15(11-14)23-20(26)19(25)22-12-18(24)17-10-3-6-13-5-1-2-9-16(13)17/h1-11,18,24H,12H2,(H,22,25)(H,23,26). The fourth-order valence-electron chi connectivity index (χ4n) is 2.67. The van der Waals surface area contributed by atoms with E-state index in [0.29, 0.717) is 5.56 Å². The largest absolute Gasteiger partial charge is 0.387 e. The van der Waals surface area contributed by atoms with E-state index in [9.17, 15) is 19.1 Å². The second-order valence-electron chi connectivity index (χ2n) is 5.76. The van der Waals surface area contributed by atoms with Gasteiger partial charge >= 0.3 is 11.8 Å². The second kappa shape index (κ2) is 7.76. The van der Waals surface area contributed by atoms with Crippen molar-refractivity contribution in [2.75, 3.05) is 11.9 Å². The molecule has 0 aromatic heterocycles. The Labute approximate surface area is 149 Å². The Morgan fingerprint density at radius 3 is 2.50 bits per heavy atom. The van der Waals surface area contributed by atoms with Crippen LogP contribution in [0.2, 0.25) is 0 Å². The Bertz CT molecular complexity index is 953. The van der Waals surface area contributed by atoms with Crippen LogP contribution in [0.15, 0.2) is 66.7 Å². The van der Waals surface area contributed by atoms with E-state index in [-0.39, 0.29) is 12.2 Å². The molecule has 132 valence electrons. The molecule has 0 radical (unpaired) electrons. The normalized spacial score (nSPS) is 11.8. The molecule has 0 bridgehead atoms. The molecule has 6 heteroatoms. The fourth-order valence-corrected chi connectivity index (χ4v) is 2.67. The van der Waals surface area contributed by atoms with Crippen LogP contribution >= 0.6 is 0 Å². The molecule has 1 unspecified atom stereocenters. The number of anilines is 1. The Balaban J connectivity index is 1.62. The Kier molecular flexibility index (Phi) is 5.24. The molecule has 0 saturated carbocycles. The molecular weight excluding hydrogens is 335 g/mol. The quantitative estimate of drug-likeness (QED) is 0.632. The Morgan fingerprint density at radius 2 is 1.69 bits per heavy atom. The van der Waals surface area contributed by atoms with Gasteiger partial charge in [-0.1, -0.05) is 48.5 Å². The monoisotopic (exact) mass is 352 g/mol. The number of nitrogens with one attached hydrogen (secondary N) is 2.